The first-order chi connectivity index (χ1) is 9.13. The van der Waals surface area contributed by atoms with Crippen LogP contribution < -0.4 is 5.73 Å². The summed E-state index contributed by atoms with van der Waals surface area (Å²) in [6.07, 6.45) is 4.14. The van der Waals surface area contributed by atoms with Crippen LogP contribution in [-0.4, -0.2) is 9.38 Å². The Hall–Kier alpha value is -2.13. The number of benzene rings is 1. The van der Waals surface area contributed by atoms with E-state index in [4.69, 9.17) is 5.73 Å². The lowest BCUT2D eigenvalue weighted by molar-refractivity contribution is 0.818. The number of imidazole rings is 1. The van der Waals surface area contributed by atoms with Crippen LogP contribution in [0.2, 0.25) is 0 Å². The van der Waals surface area contributed by atoms with E-state index in [1.165, 1.54) is 5.56 Å². The fraction of sp³-hybridized carbons (Fsp3) is 0.188. The molecule has 3 aromatic rings. The Balaban J connectivity index is 2.03. The maximum absolute atomic E-state index is 5.86. The number of hydrogen-bond acceptors (Lipinski definition) is 2. The van der Waals surface area contributed by atoms with Gasteiger partial charge in [0.1, 0.15) is 5.65 Å². The van der Waals surface area contributed by atoms with Crippen molar-refractivity contribution >= 4 is 5.65 Å². The van der Waals surface area contributed by atoms with Gasteiger partial charge < -0.3 is 10.1 Å². The quantitative estimate of drug-likeness (QED) is 0.759. The average molecular weight is 251 g/mol. The van der Waals surface area contributed by atoms with Gasteiger partial charge in [-0.3, -0.25) is 0 Å². The van der Waals surface area contributed by atoms with Crippen LogP contribution in [0.1, 0.15) is 24.1 Å². The summed E-state index contributed by atoms with van der Waals surface area (Å²) in [4.78, 5) is 4.63. The van der Waals surface area contributed by atoms with Gasteiger partial charge >= 0.3 is 0 Å². The van der Waals surface area contributed by atoms with Crippen molar-refractivity contribution in [3.8, 4) is 11.3 Å². The molecule has 0 aliphatic heterocycles. The fourth-order valence-electron chi connectivity index (χ4n) is 2.20. The molecule has 0 saturated heterocycles. The molecule has 0 radical (unpaired) electrons. The lowest BCUT2D eigenvalue weighted by Gasteiger charge is -2.05. The fourth-order valence-corrected chi connectivity index (χ4v) is 2.20. The Morgan fingerprint density at radius 3 is 2.47 bits per heavy atom. The largest absolute Gasteiger partial charge is 0.324 e. The first-order valence-corrected chi connectivity index (χ1v) is 6.45. The van der Waals surface area contributed by atoms with Crippen LogP contribution >= 0.6 is 0 Å². The van der Waals surface area contributed by atoms with Gasteiger partial charge in [-0.05, 0) is 31.0 Å². The molecule has 96 valence electrons. The molecule has 1 unspecified atom stereocenters. The molecule has 0 amide bonds. The summed E-state index contributed by atoms with van der Waals surface area (Å²) < 4.78 is 2.06. The summed E-state index contributed by atoms with van der Waals surface area (Å²) in [6, 6.07) is 12.5. The number of aryl methyl sites for hydroxylation is 1. The molecular weight excluding hydrogens is 234 g/mol. The lowest BCUT2D eigenvalue weighted by Crippen LogP contribution is -2.04. The zero-order valence-corrected chi connectivity index (χ0v) is 11.2. The number of fused-ring (bicyclic) bond motifs is 1. The third kappa shape index (κ3) is 2.25. The predicted octanol–water partition coefficient (Wildman–Crippen LogP) is 3.33. The molecule has 1 atom stereocenters. The van der Waals surface area contributed by atoms with E-state index < -0.39 is 0 Å². The summed E-state index contributed by atoms with van der Waals surface area (Å²) in [5.41, 5.74) is 11.3. The minimum Gasteiger partial charge on any atom is -0.324 e. The molecule has 2 heterocycles. The van der Waals surface area contributed by atoms with Gasteiger partial charge in [-0.1, -0.05) is 30.3 Å². The molecule has 0 aliphatic rings. The Morgan fingerprint density at radius 1 is 1.05 bits per heavy atom. The van der Waals surface area contributed by atoms with Gasteiger partial charge in [0.25, 0.3) is 0 Å². The van der Waals surface area contributed by atoms with Crippen molar-refractivity contribution in [3.05, 3.63) is 59.9 Å². The topological polar surface area (TPSA) is 43.3 Å². The number of hydrogen-bond donors (Lipinski definition) is 1. The Kier molecular flexibility index (Phi) is 2.84. The van der Waals surface area contributed by atoms with E-state index in [0.29, 0.717) is 0 Å². The van der Waals surface area contributed by atoms with Crippen molar-refractivity contribution in [2.75, 3.05) is 0 Å². The molecule has 3 nitrogen and oxygen atoms in total. The van der Waals surface area contributed by atoms with Gasteiger partial charge in [0.05, 0.1) is 5.69 Å². The van der Waals surface area contributed by atoms with Crippen molar-refractivity contribution in [2.45, 2.75) is 19.9 Å². The van der Waals surface area contributed by atoms with Crippen molar-refractivity contribution in [2.24, 2.45) is 5.73 Å². The second-order valence-corrected chi connectivity index (χ2v) is 5.01. The maximum atomic E-state index is 5.86. The maximum Gasteiger partial charge on any atom is 0.137 e. The molecule has 3 rings (SSSR count). The van der Waals surface area contributed by atoms with E-state index >= 15 is 0 Å². The Morgan fingerprint density at radius 2 is 1.79 bits per heavy atom. The van der Waals surface area contributed by atoms with Crippen molar-refractivity contribution < 1.29 is 0 Å². The highest BCUT2D eigenvalue weighted by Crippen LogP contribution is 2.21. The van der Waals surface area contributed by atoms with E-state index in [0.717, 1.165) is 22.5 Å². The number of nitrogens with zero attached hydrogens (tertiary/aromatic N) is 2. The van der Waals surface area contributed by atoms with Crippen LogP contribution in [0.25, 0.3) is 16.9 Å². The highest BCUT2D eigenvalue weighted by atomic mass is 15.0. The van der Waals surface area contributed by atoms with E-state index in [1.807, 2.05) is 13.0 Å². The first-order valence-electron chi connectivity index (χ1n) is 6.45. The summed E-state index contributed by atoms with van der Waals surface area (Å²) in [5, 5.41) is 0. The van der Waals surface area contributed by atoms with Gasteiger partial charge in [0.15, 0.2) is 0 Å². The van der Waals surface area contributed by atoms with Crippen LogP contribution in [0, 0.1) is 6.92 Å². The van der Waals surface area contributed by atoms with E-state index in [-0.39, 0.29) is 6.04 Å². The summed E-state index contributed by atoms with van der Waals surface area (Å²) >= 11 is 0. The molecule has 1 aromatic carbocycles. The molecule has 2 aromatic heterocycles. The third-order valence-corrected chi connectivity index (χ3v) is 3.33. The standard InChI is InChI=1S/C16H17N3/c1-11-3-8-16-18-15(10-19(16)9-11)14-6-4-13(5-7-14)12(2)17/h3-10,12H,17H2,1-2H3. The Labute approximate surface area is 112 Å². The lowest BCUT2D eigenvalue weighted by atomic mass is 10.1. The number of rotatable bonds is 2. The molecule has 0 fully saturated rings. The monoisotopic (exact) mass is 251 g/mol. The van der Waals surface area contributed by atoms with Gasteiger partial charge in [-0.25, -0.2) is 4.98 Å². The van der Waals surface area contributed by atoms with Gasteiger partial charge in [0.2, 0.25) is 0 Å². The van der Waals surface area contributed by atoms with Crippen molar-refractivity contribution in [1.29, 1.82) is 0 Å². The minimum absolute atomic E-state index is 0.0674. The third-order valence-electron chi connectivity index (χ3n) is 3.33. The van der Waals surface area contributed by atoms with Crippen LogP contribution in [0.4, 0.5) is 0 Å². The Bertz CT molecular complexity index is 708. The SMILES string of the molecule is Cc1ccc2nc(-c3ccc(C(C)N)cc3)cn2c1. The van der Waals surface area contributed by atoms with Crippen LogP contribution in [-0.2, 0) is 0 Å². The molecule has 0 spiro atoms. The van der Waals surface area contributed by atoms with Crippen LogP contribution in [0.3, 0.4) is 0 Å². The number of pyridine rings is 1. The van der Waals surface area contributed by atoms with Crippen LogP contribution in [0.15, 0.2) is 48.8 Å². The van der Waals surface area contributed by atoms with E-state index in [9.17, 15) is 0 Å². The smallest absolute Gasteiger partial charge is 0.137 e. The molecule has 0 aliphatic carbocycles. The van der Waals surface area contributed by atoms with Crippen molar-refractivity contribution in [1.82, 2.24) is 9.38 Å². The predicted molar refractivity (Wildman–Crippen MR) is 78.0 cm³/mol. The number of aromatic nitrogens is 2. The van der Waals surface area contributed by atoms with Crippen molar-refractivity contribution in [3.63, 3.8) is 0 Å². The summed E-state index contributed by atoms with van der Waals surface area (Å²) in [5.74, 6) is 0. The van der Waals surface area contributed by atoms with E-state index in [1.54, 1.807) is 0 Å². The summed E-state index contributed by atoms with van der Waals surface area (Å²) in [6.45, 7) is 4.07. The molecule has 0 saturated carbocycles. The highest BCUT2D eigenvalue weighted by Gasteiger charge is 2.05. The second kappa shape index (κ2) is 4.52. The second-order valence-electron chi connectivity index (χ2n) is 5.01. The normalized spacial score (nSPS) is 12.8. The number of nitrogens with two attached hydrogens (primary N) is 1. The zero-order chi connectivity index (χ0) is 13.4. The summed E-state index contributed by atoms with van der Waals surface area (Å²) in [7, 11) is 0. The van der Waals surface area contributed by atoms with Crippen LogP contribution in [0.5, 0.6) is 0 Å². The van der Waals surface area contributed by atoms with Gasteiger partial charge in [0, 0.05) is 24.0 Å². The zero-order valence-electron chi connectivity index (χ0n) is 11.2. The highest BCUT2D eigenvalue weighted by molar-refractivity contribution is 5.63. The molecular formula is C16H17N3. The first kappa shape index (κ1) is 11.9. The minimum atomic E-state index is 0.0674. The molecule has 19 heavy (non-hydrogen) atoms. The van der Waals surface area contributed by atoms with Gasteiger partial charge in [-0.15, -0.1) is 0 Å². The average Bonchev–Trinajstić information content (AvgIpc) is 2.81. The molecule has 0 bridgehead atoms. The molecule has 2 N–H and O–H groups in total. The van der Waals surface area contributed by atoms with Gasteiger partial charge in [-0.2, -0.15) is 0 Å². The van der Waals surface area contributed by atoms with E-state index in [2.05, 4.69) is 59.0 Å². The molecule has 3 heteroatoms.